The lowest BCUT2D eigenvalue weighted by Crippen LogP contribution is -2.52. The zero-order valence-electron chi connectivity index (χ0n) is 25.7. The second-order valence-electron chi connectivity index (χ2n) is 11.4. The Labute approximate surface area is 263 Å². The smallest absolute Gasteiger partial charge is 0.352 e. The van der Waals surface area contributed by atoms with Crippen molar-refractivity contribution in [1.29, 1.82) is 0 Å². The summed E-state index contributed by atoms with van der Waals surface area (Å²) in [7, 11) is -3.66. The predicted molar refractivity (Wildman–Crippen MR) is 169 cm³/mol. The summed E-state index contributed by atoms with van der Waals surface area (Å²) in [5.74, 6) is -1.80. The van der Waals surface area contributed by atoms with Crippen LogP contribution < -0.4 is 10.6 Å². The Morgan fingerprint density at radius 3 is 2.25 bits per heavy atom. The molecule has 3 rings (SSSR count). The van der Waals surface area contributed by atoms with E-state index in [1.54, 1.807) is 24.3 Å². The Morgan fingerprint density at radius 1 is 1.00 bits per heavy atom. The highest BCUT2D eigenvalue weighted by atomic mass is 32.2. The molecule has 2 aromatic rings. The summed E-state index contributed by atoms with van der Waals surface area (Å²) in [5, 5.41) is 5.32. The fraction of sp³-hybridized carbons (Fsp3) is 0.562. The number of nitrogens with one attached hydrogen (secondary N) is 2. The van der Waals surface area contributed by atoms with Crippen molar-refractivity contribution in [2.45, 2.75) is 86.8 Å². The van der Waals surface area contributed by atoms with E-state index < -0.39 is 46.0 Å². The maximum absolute atomic E-state index is 13.6. The third kappa shape index (κ3) is 10.5. The predicted octanol–water partition coefficient (Wildman–Crippen LogP) is 6.19. The fourth-order valence-corrected chi connectivity index (χ4v) is 7.75. The molecule has 0 aliphatic heterocycles. The first-order valence-corrected chi connectivity index (χ1v) is 18.1. The molecule has 2 N–H and O–H groups in total. The largest absolute Gasteiger partial charge is 0.416 e. The van der Waals surface area contributed by atoms with Crippen LogP contribution >= 0.6 is 11.8 Å². The van der Waals surface area contributed by atoms with Gasteiger partial charge in [0.15, 0.2) is 9.84 Å². The third-order valence-electron chi connectivity index (χ3n) is 8.13. The molecule has 0 bridgehead atoms. The van der Waals surface area contributed by atoms with Crippen LogP contribution in [0.1, 0.15) is 74.7 Å². The Morgan fingerprint density at radius 2 is 1.66 bits per heavy atom. The number of halogens is 3. The zero-order chi connectivity index (χ0) is 32.3. The number of alkyl halides is 3. The average molecular weight is 656 g/mol. The van der Waals surface area contributed by atoms with Gasteiger partial charge in [0.2, 0.25) is 5.91 Å². The van der Waals surface area contributed by atoms with Crippen molar-refractivity contribution in [3.05, 3.63) is 59.7 Å². The molecule has 1 fully saturated rings. The van der Waals surface area contributed by atoms with Gasteiger partial charge in [-0.05, 0) is 99.8 Å². The minimum absolute atomic E-state index is 0.126. The van der Waals surface area contributed by atoms with Gasteiger partial charge in [0, 0.05) is 22.5 Å². The maximum Gasteiger partial charge on any atom is 0.416 e. The van der Waals surface area contributed by atoms with Crippen LogP contribution in [-0.4, -0.2) is 68.9 Å². The number of thioether (sulfide) groups is 1. The number of hydrogen-bond acceptors (Lipinski definition) is 6. The number of nitrogens with zero attached hydrogens (tertiary/aromatic N) is 1. The van der Waals surface area contributed by atoms with Crippen LogP contribution in [0.2, 0.25) is 0 Å². The molecule has 0 radical (unpaired) electrons. The highest BCUT2D eigenvalue weighted by Crippen LogP contribution is 2.32. The molecule has 12 heteroatoms. The molecule has 244 valence electrons. The number of hydrogen-bond donors (Lipinski definition) is 2. The molecule has 0 aromatic heterocycles. The molecular weight excluding hydrogens is 611 g/mol. The highest BCUT2D eigenvalue weighted by Gasteiger charge is 2.37. The number of rotatable bonds is 15. The van der Waals surface area contributed by atoms with E-state index in [1.165, 1.54) is 17.8 Å². The van der Waals surface area contributed by atoms with Gasteiger partial charge in [0.1, 0.15) is 0 Å². The molecule has 2 aromatic carbocycles. The maximum atomic E-state index is 13.6. The van der Waals surface area contributed by atoms with Crippen LogP contribution in [0.3, 0.4) is 0 Å². The van der Waals surface area contributed by atoms with Crippen LogP contribution in [0.15, 0.2) is 58.3 Å². The van der Waals surface area contributed by atoms with E-state index in [0.717, 1.165) is 68.3 Å². The lowest BCUT2D eigenvalue weighted by atomic mass is 9.81. The Kier molecular flexibility index (Phi) is 13.6. The van der Waals surface area contributed by atoms with E-state index in [4.69, 9.17) is 0 Å². The fourth-order valence-electron chi connectivity index (χ4n) is 5.66. The molecular formula is C32H44F3N3O4S2. The van der Waals surface area contributed by atoms with Gasteiger partial charge in [-0.3, -0.25) is 9.59 Å². The first-order valence-electron chi connectivity index (χ1n) is 15.2. The van der Waals surface area contributed by atoms with Crippen molar-refractivity contribution in [2.24, 2.45) is 5.92 Å². The molecule has 3 atom stereocenters. The molecule has 1 aliphatic rings. The number of unbranched alkanes of at least 4 members (excludes halogenated alkanes) is 2. The van der Waals surface area contributed by atoms with Gasteiger partial charge in [-0.15, -0.1) is 11.8 Å². The molecule has 7 nitrogen and oxygen atoms in total. The SMILES string of the molecule is CCCCN(CCCC)[C@@H]1CC[C@H](NC(=O)CNC(=O)c2cccc(C(F)(F)F)c2)[C@H](CS(=O)(=O)c2ccc(SC)cc2)C1. The van der Waals surface area contributed by atoms with Crippen molar-refractivity contribution in [1.82, 2.24) is 15.5 Å². The number of sulfone groups is 1. The van der Waals surface area contributed by atoms with Gasteiger partial charge in [-0.2, -0.15) is 13.2 Å². The number of carbonyl (C=O) groups is 2. The Balaban J connectivity index is 1.74. The lowest BCUT2D eigenvalue weighted by molar-refractivity contribution is -0.137. The van der Waals surface area contributed by atoms with E-state index in [2.05, 4.69) is 29.4 Å². The lowest BCUT2D eigenvalue weighted by Gasteiger charge is -2.41. The number of amides is 2. The van der Waals surface area contributed by atoms with Crippen molar-refractivity contribution < 1.29 is 31.2 Å². The van der Waals surface area contributed by atoms with E-state index in [9.17, 15) is 31.2 Å². The standard InChI is InChI=1S/C32H44F3N3O4S2/c1-4-6-17-38(18-7-5-2)26-11-16-29(24(20-26)22-44(41,42)28-14-12-27(43-3)13-15-28)37-30(39)21-36-31(40)23-9-8-10-25(19-23)32(33,34)35/h8-10,12-15,19,24,26,29H,4-7,11,16-18,20-22H2,1-3H3,(H,36,40)(H,37,39)/t24-,26+,29-/m0/s1. The van der Waals surface area contributed by atoms with Gasteiger partial charge in [0.25, 0.3) is 5.91 Å². The minimum Gasteiger partial charge on any atom is -0.352 e. The highest BCUT2D eigenvalue weighted by molar-refractivity contribution is 7.98. The van der Waals surface area contributed by atoms with Gasteiger partial charge < -0.3 is 15.5 Å². The Bertz CT molecular complexity index is 1330. The van der Waals surface area contributed by atoms with Crippen molar-refractivity contribution in [2.75, 3.05) is 31.6 Å². The van der Waals surface area contributed by atoms with Crippen LogP contribution in [0, 0.1) is 5.92 Å². The van der Waals surface area contributed by atoms with Crippen LogP contribution in [0.4, 0.5) is 13.2 Å². The first-order chi connectivity index (χ1) is 20.9. The van der Waals surface area contributed by atoms with E-state index in [1.807, 2.05) is 6.26 Å². The van der Waals surface area contributed by atoms with Crippen molar-refractivity contribution >= 4 is 33.4 Å². The van der Waals surface area contributed by atoms with Gasteiger partial charge in [0.05, 0.1) is 22.8 Å². The molecule has 0 heterocycles. The summed E-state index contributed by atoms with van der Waals surface area (Å²) < 4.78 is 66.3. The first kappa shape index (κ1) is 35.9. The molecule has 1 aliphatic carbocycles. The van der Waals surface area contributed by atoms with Crippen LogP contribution in [0.25, 0.3) is 0 Å². The average Bonchev–Trinajstić information content (AvgIpc) is 3.00. The van der Waals surface area contributed by atoms with Crippen LogP contribution in [0.5, 0.6) is 0 Å². The molecule has 1 saturated carbocycles. The Hall–Kier alpha value is -2.57. The van der Waals surface area contributed by atoms with Crippen molar-refractivity contribution in [3.63, 3.8) is 0 Å². The van der Waals surface area contributed by atoms with E-state index >= 15 is 0 Å². The van der Waals surface area contributed by atoms with Crippen LogP contribution in [-0.2, 0) is 20.8 Å². The molecule has 0 saturated heterocycles. The second-order valence-corrected chi connectivity index (χ2v) is 14.3. The minimum atomic E-state index is -4.60. The number of benzene rings is 2. The summed E-state index contributed by atoms with van der Waals surface area (Å²) in [6, 6.07) is 10.6. The summed E-state index contributed by atoms with van der Waals surface area (Å²) in [4.78, 5) is 29.1. The summed E-state index contributed by atoms with van der Waals surface area (Å²) in [6.07, 6.45) is 3.54. The monoisotopic (exact) mass is 655 g/mol. The zero-order valence-corrected chi connectivity index (χ0v) is 27.3. The summed E-state index contributed by atoms with van der Waals surface area (Å²) >= 11 is 1.53. The van der Waals surface area contributed by atoms with E-state index in [0.29, 0.717) is 12.8 Å². The van der Waals surface area contributed by atoms with Gasteiger partial charge >= 0.3 is 6.18 Å². The normalized spacial score (nSPS) is 19.1. The number of carbonyl (C=O) groups excluding carboxylic acids is 2. The molecule has 0 spiro atoms. The second kappa shape index (κ2) is 16.7. The van der Waals surface area contributed by atoms with Gasteiger partial charge in [-0.1, -0.05) is 32.8 Å². The summed E-state index contributed by atoms with van der Waals surface area (Å²) in [6.45, 7) is 5.73. The summed E-state index contributed by atoms with van der Waals surface area (Å²) in [5.41, 5.74) is -1.16. The topological polar surface area (TPSA) is 95.6 Å². The van der Waals surface area contributed by atoms with Crippen molar-refractivity contribution in [3.8, 4) is 0 Å². The quantitative estimate of drug-likeness (QED) is 0.223. The van der Waals surface area contributed by atoms with Gasteiger partial charge in [-0.25, -0.2) is 8.42 Å². The van der Waals surface area contributed by atoms with E-state index in [-0.39, 0.29) is 28.2 Å². The third-order valence-corrected chi connectivity index (χ3v) is 10.7. The molecule has 44 heavy (non-hydrogen) atoms. The molecule has 2 amide bonds. The molecule has 0 unspecified atom stereocenters.